The monoisotopic (exact) mass is 229 g/mol. The van der Waals surface area contributed by atoms with Crippen LogP contribution in [0.4, 0.5) is 5.95 Å². The molecule has 2 aromatic rings. The highest BCUT2D eigenvalue weighted by atomic mass is 15.4. The molecule has 0 radical (unpaired) electrons. The summed E-state index contributed by atoms with van der Waals surface area (Å²) in [6.07, 6.45) is 1.09. The van der Waals surface area contributed by atoms with Gasteiger partial charge in [-0.05, 0) is 30.2 Å². The Labute approximate surface area is 99.7 Å². The van der Waals surface area contributed by atoms with E-state index in [1.807, 2.05) is 0 Å². The highest BCUT2D eigenvalue weighted by Crippen LogP contribution is 2.22. The van der Waals surface area contributed by atoms with Crippen LogP contribution in [-0.2, 0) is 20.0 Å². The Kier molecular flexibility index (Phi) is 2.33. The molecular weight excluding hydrogens is 214 g/mol. The van der Waals surface area contributed by atoms with Gasteiger partial charge in [0.25, 0.3) is 0 Å². The quantitative estimate of drug-likeness (QED) is 0.755. The van der Waals surface area contributed by atoms with E-state index in [-0.39, 0.29) is 0 Å². The van der Waals surface area contributed by atoms with E-state index in [1.54, 1.807) is 11.7 Å². The summed E-state index contributed by atoms with van der Waals surface area (Å²) >= 11 is 0. The van der Waals surface area contributed by atoms with Crippen LogP contribution < -0.4 is 11.1 Å². The van der Waals surface area contributed by atoms with Gasteiger partial charge >= 0.3 is 0 Å². The molecule has 88 valence electrons. The van der Waals surface area contributed by atoms with Gasteiger partial charge in [-0.1, -0.05) is 12.1 Å². The first-order valence-electron chi connectivity index (χ1n) is 5.73. The minimum atomic E-state index is 0.441. The van der Waals surface area contributed by atoms with Crippen LogP contribution in [0.3, 0.4) is 0 Å². The molecule has 0 bridgehead atoms. The van der Waals surface area contributed by atoms with Crippen molar-refractivity contribution in [3.8, 4) is 11.4 Å². The van der Waals surface area contributed by atoms with Gasteiger partial charge in [0.05, 0.1) is 0 Å². The van der Waals surface area contributed by atoms with Gasteiger partial charge in [-0.25, -0.2) is 4.68 Å². The number of hydrogen-bond acceptors (Lipinski definition) is 4. The third-order valence-electron chi connectivity index (χ3n) is 3.15. The largest absolute Gasteiger partial charge is 0.368 e. The Morgan fingerprint density at radius 3 is 3.00 bits per heavy atom. The zero-order valence-electron chi connectivity index (χ0n) is 9.77. The summed E-state index contributed by atoms with van der Waals surface area (Å²) in [5.74, 6) is 1.13. The maximum atomic E-state index is 5.69. The zero-order valence-corrected chi connectivity index (χ0v) is 9.77. The average molecular weight is 229 g/mol. The first-order valence-corrected chi connectivity index (χ1v) is 5.73. The number of nitrogens with one attached hydrogen (secondary N) is 1. The fourth-order valence-electron chi connectivity index (χ4n) is 2.14. The lowest BCUT2D eigenvalue weighted by atomic mass is 9.98. The molecule has 0 aliphatic carbocycles. The molecule has 1 aromatic heterocycles. The fourth-order valence-corrected chi connectivity index (χ4v) is 2.14. The summed E-state index contributed by atoms with van der Waals surface area (Å²) < 4.78 is 1.59. The molecule has 1 aliphatic heterocycles. The predicted molar refractivity (Wildman–Crippen MR) is 66.3 cm³/mol. The Bertz CT molecular complexity index is 539. The molecule has 1 aromatic carbocycles. The molecule has 2 heterocycles. The number of fused-ring (bicyclic) bond motifs is 1. The van der Waals surface area contributed by atoms with Crippen LogP contribution in [0.25, 0.3) is 11.4 Å². The first-order chi connectivity index (χ1) is 8.24. The minimum absolute atomic E-state index is 0.441. The fraction of sp³-hybridized carbons (Fsp3) is 0.333. The number of nitrogens with zero attached hydrogens (tertiary/aromatic N) is 3. The van der Waals surface area contributed by atoms with Crippen LogP contribution in [-0.4, -0.2) is 21.3 Å². The zero-order chi connectivity index (χ0) is 11.8. The molecule has 0 saturated heterocycles. The van der Waals surface area contributed by atoms with E-state index in [1.165, 1.54) is 11.1 Å². The van der Waals surface area contributed by atoms with Crippen LogP contribution in [0.2, 0.25) is 0 Å². The Morgan fingerprint density at radius 2 is 2.24 bits per heavy atom. The molecular formula is C12H15N5. The van der Waals surface area contributed by atoms with Gasteiger partial charge in [0, 0.05) is 19.2 Å². The van der Waals surface area contributed by atoms with Crippen LogP contribution in [0.1, 0.15) is 11.1 Å². The highest BCUT2D eigenvalue weighted by Gasteiger charge is 2.12. The van der Waals surface area contributed by atoms with E-state index in [9.17, 15) is 0 Å². The van der Waals surface area contributed by atoms with Crippen molar-refractivity contribution >= 4 is 5.95 Å². The second-order valence-corrected chi connectivity index (χ2v) is 4.33. The van der Waals surface area contributed by atoms with Crippen molar-refractivity contribution in [1.82, 2.24) is 20.1 Å². The molecule has 5 heteroatoms. The maximum absolute atomic E-state index is 5.69. The van der Waals surface area contributed by atoms with Gasteiger partial charge in [0.2, 0.25) is 5.95 Å². The van der Waals surface area contributed by atoms with Crippen molar-refractivity contribution in [2.45, 2.75) is 13.0 Å². The van der Waals surface area contributed by atoms with Crippen molar-refractivity contribution < 1.29 is 0 Å². The van der Waals surface area contributed by atoms with E-state index in [0.29, 0.717) is 11.8 Å². The summed E-state index contributed by atoms with van der Waals surface area (Å²) in [5.41, 5.74) is 9.47. The number of rotatable bonds is 1. The molecule has 3 rings (SSSR count). The van der Waals surface area contributed by atoms with Crippen molar-refractivity contribution in [3.63, 3.8) is 0 Å². The van der Waals surface area contributed by atoms with Crippen molar-refractivity contribution in [1.29, 1.82) is 0 Å². The molecule has 0 spiro atoms. The lowest BCUT2D eigenvalue weighted by Crippen LogP contribution is -2.23. The number of aromatic nitrogens is 3. The van der Waals surface area contributed by atoms with E-state index < -0.39 is 0 Å². The summed E-state index contributed by atoms with van der Waals surface area (Å²) in [6.45, 7) is 1.98. The summed E-state index contributed by atoms with van der Waals surface area (Å²) in [5, 5.41) is 7.66. The van der Waals surface area contributed by atoms with E-state index in [0.717, 1.165) is 25.1 Å². The number of aryl methyl sites for hydroxylation is 1. The normalized spacial score (nSPS) is 14.6. The minimum Gasteiger partial charge on any atom is -0.368 e. The summed E-state index contributed by atoms with van der Waals surface area (Å²) in [4.78, 5) is 4.24. The van der Waals surface area contributed by atoms with Gasteiger partial charge in [-0.15, -0.1) is 5.10 Å². The number of benzene rings is 1. The molecule has 0 atom stereocenters. The molecule has 17 heavy (non-hydrogen) atoms. The number of anilines is 1. The lowest BCUT2D eigenvalue weighted by molar-refractivity contribution is 0.644. The Hall–Kier alpha value is -1.88. The molecule has 0 unspecified atom stereocenters. The molecule has 3 N–H and O–H groups in total. The molecule has 5 nitrogen and oxygen atoms in total. The van der Waals surface area contributed by atoms with E-state index >= 15 is 0 Å². The molecule has 1 aliphatic rings. The predicted octanol–water partition coefficient (Wildman–Crippen LogP) is 0.710. The smallest absolute Gasteiger partial charge is 0.218 e. The van der Waals surface area contributed by atoms with Crippen molar-refractivity contribution in [2.24, 2.45) is 7.05 Å². The number of nitrogen functional groups attached to an aromatic ring is 1. The van der Waals surface area contributed by atoms with E-state index in [4.69, 9.17) is 5.73 Å². The number of hydrogen-bond donors (Lipinski definition) is 2. The third kappa shape index (κ3) is 1.78. The van der Waals surface area contributed by atoms with Crippen molar-refractivity contribution in [3.05, 3.63) is 29.3 Å². The Balaban J connectivity index is 2.03. The van der Waals surface area contributed by atoms with Gasteiger partial charge < -0.3 is 11.1 Å². The average Bonchev–Trinajstić information content (AvgIpc) is 2.69. The second-order valence-electron chi connectivity index (χ2n) is 4.33. The van der Waals surface area contributed by atoms with Crippen LogP contribution in [0.5, 0.6) is 0 Å². The topological polar surface area (TPSA) is 68.8 Å². The van der Waals surface area contributed by atoms with Gasteiger partial charge in [-0.2, -0.15) is 4.98 Å². The molecule has 0 fully saturated rings. The first kappa shape index (κ1) is 10.3. The maximum Gasteiger partial charge on any atom is 0.218 e. The van der Waals surface area contributed by atoms with Crippen molar-refractivity contribution in [2.75, 3.05) is 12.3 Å². The van der Waals surface area contributed by atoms with Gasteiger partial charge in [0.1, 0.15) is 0 Å². The summed E-state index contributed by atoms with van der Waals surface area (Å²) in [6, 6.07) is 6.38. The van der Waals surface area contributed by atoms with Gasteiger partial charge in [0.15, 0.2) is 5.82 Å². The van der Waals surface area contributed by atoms with Crippen LogP contribution >= 0.6 is 0 Å². The van der Waals surface area contributed by atoms with E-state index in [2.05, 4.69) is 33.6 Å². The standard InChI is InChI=1S/C12H15N5/c1-17-12(13)15-11(16-17)9-3-2-8-4-5-14-7-10(8)6-9/h2-3,6,14H,4-5,7H2,1H3,(H2,13,15,16). The second kappa shape index (κ2) is 3.85. The Morgan fingerprint density at radius 1 is 1.35 bits per heavy atom. The highest BCUT2D eigenvalue weighted by molar-refractivity contribution is 5.58. The molecule has 0 amide bonds. The summed E-state index contributed by atoms with van der Waals surface area (Å²) in [7, 11) is 1.80. The SMILES string of the molecule is Cn1nc(-c2ccc3c(c2)CNCC3)nc1N. The van der Waals surface area contributed by atoms with Gasteiger partial charge in [-0.3, -0.25) is 0 Å². The third-order valence-corrected chi connectivity index (χ3v) is 3.15. The lowest BCUT2D eigenvalue weighted by Gasteiger charge is -2.17. The van der Waals surface area contributed by atoms with Crippen LogP contribution in [0, 0.1) is 0 Å². The number of nitrogens with two attached hydrogens (primary N) is 1. The van der Waals surface area contributed by atoms with Crippen LogP contribution in [0.15, 0.2) is 18.2 Å². The molecule has 0 saturated carbocycles.